The minimum Gasteiger partial charge on any atom is -0.329 e. The largest absolute Gasteiger partial charge is 0.329 e. The van der Waals surface area contributed by atoms with Crippen LogP contribution >= 0.6 is 0 Å². The van der Waals surface area contributed by atoms with E-state index >= 15 is 0 Å². The molecule has 4 nitrogen and oxygen atoms in total. The molecule has 3 N–H and O–H groups in total. The monoisotopic (exact) mass is 314 g/mol. The van der Waals surface area contributed by atoms with Gasteiger partial charge in [-0.2, -0.15) is 0 Å². The first-order valence-corrected chi connectivity index (χ1v) is 8.76. The molecule has 0 spiro atoms. The zero-order valence-electron chi connectivity index (χ0n) is 12.5. The van der Waals surface area contributed by atoms with E-state index in [1.165, 1.54) is 12.1 Å². The molecule has 0 bridgehead atoms. The van der Waals surface area contributed by atoms with E-state index in [-0.39, 0.29) is 11.4 Å². The molecular formula is C15H23FN2O2S. The minimum absolute atomic E-state index is 0.00560. The lowest BCUT2D eigenvalue weighted by Gasteiger charge is -2.39. The van der Waals surface area contributed by atoms with Gasteiger partial charge in [-0.15, -0.1) is 0 Å². The van der Waals surface area contributed by atoms with Crippen LogP contribution in [0.15, 0.2) is 23.1 Å². The zero-order chi connectivity index (χ0) is 15.7. The quantitative estimate of drug-likeness (QED) is 0.896. The Morgan fingerprint density at radius 2 is 2.00 bits per heavy atom. The van der Waals surface area contributed by atoms with Crippen LogP contribution in [-0.4, -0.2) is 20.5 Å². The van der Waals surface area contributed by atoms with E-state index in [2.05, 4.69) is 11.6 Å². The summed E-state index contributed by atoms with van der Waals surface area (Å²) in [6, 6.07) is 3.80. The summed E-state index contributed by atoms with van der Waals surface area (Å²) in [5.74, 6) is 0.0325. The zero-order valence-corrected chi connectivity index (χ0v) is 13.3. The molecule has 0 atom stereocenters. The van der Waals surface area contributed by atoms with E-state index in [1.54, 1.807) is 6.92 Å². The molecule has 0 saturated heterocycles. The fourth-order valence-electron chi connectivity index (χ4n) is 2.87. The van der Waals surface area contributed by atoms with Crippen LogP contribution in [-0.2, 0) is 10.0 Å². The van der Waals surface area contributed by atoms with Gasteiger partial charge in [0.1, 0.15) is 5.82 Å². The molecule has 1 aliphatic rings. The molecule has 1 saturated carbocycles. The van der Waals surface area contributed by atoms with Gasteiger partial charge < -0.3 is 5.73 Å². The topological polar surface area (TPSA) is 72.2 Å². The van der Waals surface area contributed by atoms with Crippen molar-refractivity contribution in [2.45, 2.75) is 50.0 Å². The van der Waals surface area contributed by atoms with Gasteiger partial charge in [0.15, 0.2) is 0 Å². The number of hydrogen-bond acceptors (Lipinski definition) is 3. The Morgan fingerprint density at radius 3 is 2.57 bits per heavy atom. The van der Waals surface area contributed by atoms with Gasteiger partial charge in [0.25, 0.3) is 0 Å². The summed E-state index contributed by atoms with van der Waals surface area (Å²) >= 11 is 0. The first kappa shape index (κ1) is 16.4. The summed E-state index contributed by atoms with van der Waals surface area (Å²) in [5, 5.41) is 0. The predicted octanol–water partition coefficient (Wildman–Crippen LogP) is 2.32. The number of nitrogens with one attached hydrogen (secondary N) is 1. The Balaban J connectivity index is 2.29. The summed E-state index contributed by atoms with van der Waals surface area (Å²) in [6.07, 6.45) is 3.33. The highest BCUT2D eigenvalue weighted by atomic mass is 32.2. The SMILES string of the molecule is Cc1ccc(F)cc1S(=O)(=O)NC1(CN)CCC(C)CC1. The summed E-state index contributed by atoms with van der Waals surface area (Å²) in [5.41, 5.74) is 5.76. The van der Waals surface area contributed by atoms with Crippen molar-refractivity contribution in [1.29, 1.82) is 0 Å². The van der Waals surface area contributed by atoms with Crippen molar-refractivity contribution in [2.24, 2.45) is 11.7 Å². The summed E-state index contributed by atoms with van der Waals surface area (Å²) < 4.78 is 41.3. The molecule has 1 aromatic rings. The van der Waals surface area contributed by atoms with Gasteiger partial charge in [0.05, 0.1) is 4.90 Å². The smallest absolute Gasteiger partial charge is 0.241 e. The fourth-order valence-corrected chi connectivity index (χ4v) is 4.59. The second kappa shape index (κ2) is 6.02. The van der Waals surface area contributed by atoms with Gasteiger partial charge in [0.2, 0.25) is 10.0 Å². The first-order valence-electron chi connectivity index (χ1n) is 7.28. The van der Waals surface area contributed by atoms with E-state index in [0.717, 1.165) is 31.7 Å². The fraction of sp³-hybridized carbons (Fsp3) is 0.600. The number of nitrogens with two attached hydrogens (primary N) is 1. The molecule has 0 heterocycles. The molecule has 1 fully saturated rings. The van der Waals surface area contributed by atoms with Crippen LogP contribution in [0.25, 0.3) is 0 Å². The Morgan fingerprint density at radius 1 is 1.38 bits per heavy atom. The summed E-state index contributed by atoms with van der Waals surface area (Å²) in [4.78, 5) is -0.00560. The lowest BCUT2D eigenvalue weighted by Crippen LogP contribution is -2.55. The molecule has 2 rings (SSSR count). The van der Waals surface area contributed by atoms with Gasteiger partial charge in [0, 0.05) is 12.1 Å². The van der Waals surface area contributed by atoms with Crippen molar-refractivity contribution < 1.29 is 12.8 Å². The van der Waals surface area contributed by atoms with Gasteiger partial charge in [-0.3, -0.25) is 0 Å². The Labute approximate surface area is 126 Å². The molecule has 0 radical (unpaired) electrons. The van der Waals surface area contributed by atoms with Crippen LogP contribution < -0.4 is 10.5 Å². The van der Waals surface area contributed by atoms with Crippen molar-refractivity contribution in [3.8, 4) is 0 Å². The standard InChI is InChI=1S/C15H23FN2O2S/c1-11-5-7-15(10-17,8-6-11)18-21(19,20)14-9-13(16)4-3-12(14)2/h3-4,9,11,18H,5-8,10,17H2,1-2H3. The maximum Gasteiger partial charge on any atom is 0.241 e. The highest BCUT2D eigenvalue weighted by molar-refractivity contribution is 7.89. The highest BCUT2D eigenvalue weighted by Crippen LogP contribution is 2.32. The van der Waals surface area contributed by atoms with Crippen LogP contribution in [0.4, 0.5) is 4.39 Å². The molecule has 1 aliphatic carbocycles. The maximum atomic E-state index is 13.4. The number of hydrogen-bond donors (Lipinski definition) is 2. The van der Waals surface area contributed by atoms with E-state index in [1.807, 2.05) is 0 Å². The maximum absolute atomic E-state index is 13.4. The lowest BCUT2D eigenvalue weighted by molar-refractivity contribution is 0.231. The second-order valence-corrected chi connectivity index (χ2v) is 7.83. The van der Waals surface area contributed by atoms with Crippen molar-refractivity contribution >= 4 is 10.0 Å². The molecule has 0 amide bonds. The molecule has 6 heteroatoms. The third-order valence-electron chi connectivity index (χ3n) is 4.41. The molecule has 0 unspecified atom stereocenters. The van der Waals surface area contributed by atoms with Gasteiger partial charge >= 0.3 is 0 Å². The number of benzene rings is 1. The second-order valence-electron chi connectivity index (χ2n) is 6.18. The van der Waals surface area contributed by atoms with E-state index in [0.29, 0.717) is 11.5 Å². The van der Waals surface area contributed by atoms with E-state index in [4.69, 9.17) is 5.73 Å². The highest BCUT2D eigenvalue weighted by Gasteiger charge is 2.37. The average molecular weight is 314 g/mol. The Kier molecular flexibility index (Phi) is 4.70. The number of rotatable bonds is 4. The van der Waals surface area contributed by atoms with Gasteiger partial charge in [-0.25, -0.2) is 17.5 Å². The van der Waals surface area contributed by atoms with E-state index in [9.17, 15) is 12.8 Å². The van der Waals surface area contributed by atoms with Gasteiger partial charge in [-0.05, 0) is 56.2 Å². The van der Waals surface area contributed by atoms with Crippen molar-refractivity contribution in [1.82, 2.24) is 4.72 Å². The predicted molar refractivity (Wildman–Crippen MR) is 80.9 cm³/mol. The van der Waals surface area contributed by atoms with Crippen molar-refractivity contribution in [3.05, 3.63) is 29.6 Å². The van der Waals surface area contributed by atoms with Crippen LogP contribution in [0.1, 0.15) is 38.2 Å². The molecule has 0 aliphatic heterocycles. The third-order valence-corrected chi connectivity index (χ3v) is 6.13. The summed E-state index contributed by atoms with van der Waals surface area (Å²) in [7, 11) is -3.77. The number of sulfonamides is 1. The van der Waals surface area contributed by atoms with Crippen LogP contribution in [0.3, 0.4) is 0 Å². The van der Waals surface area contributed by atoms with Crippen molar-refractivity contribution in [3.63, 3.8) is 0 Å². The lowest BCUT2D eigenvalue weighted by atomic mass is 9.78. The average Bonchev–Trinajstić information content (AvgIpc) is 2.44. The minimum atomic E-state index is -3.77. The molecule has 1 aromatic carbocycles. The van der Waals surface area contributed by atoms with Gasteiger partial charge in [-0.1, -0.05) is 13.0 Å². The van der Waals surface area contributed by atoms with Crippen molar-refractivity contribution in [2.75, 3.05) is 6.54 Å². The Hall–Kier alpha value is -0.980. The van der Waals surface area contributed by atoms with Crippen LogP contribution in [0.2, 0.25) is 0 Å². The number of halogens is 1. The number of aryl methyl sites for hydroxylation is 1. The van der Waals surface area contributed by atoms with Crippen LogP contribution in [0.5, 0.6) is 0 Å². The third kappa shape index (κ3) is 3.62. The Bertz CT molecular complexity index is 608. The molecular weight excluding hydrogens is 291 g/mol. The normalized spacial score (nSPS) is 26.8. The molecule has 21 heavy (non-hydrogen) atoms. The molecule has 0 aromatic heterocycles. The van der Waals surface area contributed by atoms with Crippen LogP contribution in [0, 0.1) is 18.7 Å². The first-order chi connectivity index (χ1) is 9.78. The molecule has 118 valence electrons. The summed E-state index contributed by atoms with van der Waals surface area (Å²) in [6.45, 7) is 4.07. The van der Waals surface area contributed by atoms with E-state index < -0.39 is 21.4 Å².